The molecule has 0 saturated carbocycles. The zero-order chi connectivity index (χ0) is 20.4. The molecule has 6 rings (SSSR count). The molecule has 1 saturated heterocycles. The summed E-state index contributed by atoms with van der Waals surface area (Å²) in [5.74, 6) is -3.15. The van der Waals surface area contributed by atoms with E-state index in [2.05, 4.69) is 0 Å². The van der Waals surface area contributed by atoms with Crippen LogP contribution < -0.4 is 0 Å². The van der Waals surface area contributed by atoms with Gasteiger partial charge in [0.05, 0.1) is 11.8 Å². The number of carbonyl (C=O) groups excluding carboxylic acids is 2. The molecule has 2 aromatic carbocycles. The lowest BCUT2D eigenvalue weighted by molar-refractivity contribution is -0.155. The molecule has 5 nitrogen and oxygen atoms in total. The lowest BCUT2D eigenvalue weighted by atomic mass is 9.55. The second-order valence-corrected chi connectivity index (χ2v) is 8.79. The highest BCUT2D eigenvalue weighted by molar-refractivity contribution is 6.10. The van der Waals surface area contributed by atoms with E-state index in [9.17, 15) is 19.5 Å². The third kappa shape index (κ3) is 2.36. The molecule has 1 N–H and O–H groups in total. The van der Waals surface area contributed by atoms with Crippen LogP contribution in [0.3, 0.4) is 0 Å². The van der Waals surface area contributed by atoms with E-state index in [4.69, 9.17) is 0 Å². The average Bonchev–Trinajstić information content (AvgIpc) is 2.97. The Morgan fingerprint density at radius 2 is 1.24 bits per heavy atom. The second kappa shape index (κ2) is 6.28. The molecule has 2 aromatic rings. The van der Waals surface area contributed by atoms with Crippen molar-refractivity contribution in [2.45, 2.75) is 38.1 Å². The van der Waals surface area contributed by atoms with Crippen molar-refractivity contribution in [3.63, 3.8) is 0 Å². The molecule has 2 unspecified atom stereocenters. The van der Waals surface area contributed by atoms with Crippen molar-refractivity contribution >= 4 is 17.8 Å². The number of carboxylic acids is 1. The summed E-state index contributed by atoms with van der Waals surface area (Å²) in [6.45, 7) is 3.81. The van der Waals surface area contributed by atoms with Gasteiger partial charge in [0.15, 0.2) is 0 Å². The van der Waals surface area contributed by atoms with Gasteiger partial charge in [-0.05, 0) is 34.6 Å². The summed E-state index contributed by atoms with van der Waals surface area (Å²) in [4.78, 5) is 40.1. The minimum absolute atomic E-state index is 0.0606. The van der Waals surface area contributed by atoms with Gasteiger partial charge < -0.3 is 5.11 Å². The third-order valence-electron chi connectivity index (χ3n) is 6.77. The Balaban J connectivity index is 1.67. The molecule has 1 aliphatic heterocycles. The Labute approximate surface area is 169 Å². The Kier molecular flexibility index (Phi) is 3.92. The van der Waals surface area contributed by atoms with Crippen molar-refractivity contribution in [2.75, 3.05) is 0 Å². The maximum Gasteiger partial charge on any atom is 0.326 e. The van der Waals surface area contributed by atoms with Crippen LogP contribution in [0.1, 0.15) is 54.4 Å². The number of benzene rings is 2. The van der Waals surface area contributed by atoms with Crippen LogP contribution in [-0.2, 0) is 14.4 Å². The monoisotopic (exact) mass is 389 g/mol. The minimum Gasteiger partial charge on any atom is -0.480 e. The number of carboxylic acid groups (broad SMARTS) is 1. The molecular weight excluding hydrogens is 366 g/mol. The predicted molar refractivity (Wildman–Crippen MR) is 106 cm³/mol. The molecule has 1 fully saturated rings. The van der Waals surface area contributed by atoms with Crippen LogP contribution >= 0.6 is 0 Å². The van der Waals surface area contributed by atoms with Crippen molar-refractivity contribution < 1.29 is 19.5 Å². The molecule has 148 valence electrons. The van der Waals surface area contributed by atoms with Crippen molar-refractivity contribution in [3.8, 4) is 0 Å². The van der Waals surface area contributed by atoms with Gasteiger partial charge in [0.1, 0.15) is 6.04 Å². The fourth-order valence-electron chi connectivity index (χ4n) is 5.77. The SMILES string of the molecule is CC(C)C[C@@H](C(=O)O)N1C(=O)C2C3c4ccccc4C(c4ccccc43)C2C1=O. The molecule has 2 amide bonds. The maximum atomic E-state index is 13.5. The van der Waals surface area contributed by atoms with Gasteiger partial charge in [0.2, 0.25) is 11.8 Å². The first-order valence-electron chi connectivity index (χ1n) is 10.2. The molecule has 3 aliphatic carbocycles. The molecule has 3 atom stereocenters. The van der Waals surface area contributed by atoms with Gasteiger partial charge >= 0.3 is 5.97 Å². The molecule has 4 aliphatic rings. The van der Waals surface area contributed by atoms with Crippen molar-refractivity contribution in [2.24, 2.45) is 17.8 Å². The van der Waals surface area contributed by atoms with E-state index in [-0.39, 0.29) is 36.0 Å². The van der Waals surface area contributed by atoms with E-state index >= 15 is 0 Å². The highest BCUT2D eigenvalue weighted by Gasteiger charge is 2.63. The van der Waals surface area contributed by atoms with E-state index in [1.807, 2.05) is 62.4 Å². The van der Waals surface area contributed by atoms with Gasteiger partial charge in [0.25, 0.3) is 0 Å². The average molecular weight is 389 g/mol. The topological polar surface area (TPSA) is 74.7 Å². The highest BCUT2D eigenvalue weighted by atomic mass is 16.4. The van der Waals surface area contributed by atoms with Gasteiger partial charge in [-0.1, -0.05) is 62.4 Å². The van der Waals surface area contributed by atoms with Crippen LogP contribution in [0.15, 0.2) is 48.5 Å². The molecule has 0 radical (unpaired) electrons. The fraction of sp³-hybridized carbons (Fsp3) is 0.375. The van der Waals surface area contributed by atoms with Crippen LogP contribution in [0, 0.1) is 17.8 Å². The van der Waals surface area contributed by atoms with Gasteiger partial charge in [-0.3, -0.25) is 14.5 Å². The molecule has 1 heterocycles. The maximum absolute atomic E-state index is 13.5. The largest absolute Gasteiger partial charge is 0.480 e. The van der Waals surface area contributed by atoms with Crippen LogP contribution in [0.5, 0.6) is 0 Å². The van der Waals surface area contributed by atoms with E-state index in [0.717, 1.165) is 27.2 Å². The summed E-state index contributed by atoms with van der Waals surface area (Å²) < 4.78 is 0. The second-order valence-electron chi connectivity index (χ2n) is 8.79. The molecule has 5 heteroatoms. The number of rotatable bonds is 4. The molecular formula is C24H23NO4. The van der Waals surface area contributed by atoms with Gasteiger partial charge in [-0.2, -0.15) is 0 Å². The minimum atomic E-state index is -1.11. The summed E-state index contributed by atoms with van der Waals surface area (Å²) >= 11 is 0. The zero-order valence-corrected chi connectivity index (χ0v) is 16.4. The molecule has 0 spiro atoms. The quantitative estimate of drug-likeness (QED) is 0.814. The number of aliphatic carboxylic acids is 1. The smallest absolute Gasteiger partial charge is 0.326 e. The Morgan fingerprint density at radius 3 is 1.55 bits per heavy atom. The van der Waals surface area contributed by atoms with Gasteiger partial charge in [-0.15, -0.1) is 0 Å². The Morgan fingerprint density at radius 1 is 0.862 bits per heavy atom. The zero-order valence-electron chi connectivity index (χ0n) is 16.4. The molecule has 2 bridgehead atoms. The fourth-order valence-corrected chi connectivity index (χ4v) is 5.77. The number of likely N-dealkylation sites (tertiary alicyclic amines) is 1. The summed E-state index contributed by atoms with van der Waals surface area (Å²) in [7, 11) is 0. The third-order valence-corrected chi connectivity index (χ3v) is 6.77. The summed E-state index contributed by atoms with van der Waals surface area (Å²) in [5.41, 5.74) is 4.37. The van der Waals surface area contributed by atoms with Crippen LogP contribution in [0.2, 0.25) is 0 Å². The van der Waals surface area contributed by atoms with E-state index in [0.29, 0.717) is 0 Å². The molecule has 0 aromatic heterocycles. The summed E-state index contributed by atoms with van der Waals surface area (Å²) in [6.07, 6.45) is 0.265. The summed E-state index contributed by atoms with van der Waals surface area (Å²) in [6, 6.07) is 14.9. The van der Waals surface area contributed by atoms with Gasteiger partial charge in [-0.25, -0.2) is 4.79 Å². The highest BCUT2D eigenvalue weighted by Crippen LogP contribution is 2.61. The number of carbonyl (C=O) groups is 3. The lowest BCUT2D eigenvalue weighted by Gasteiger charge is -2.45. The van der Waals surface area contributed by atoms with Crippen LogP contribution in [-0.4, -0.2) is 33.8 Å². The number of imide groups is 1. The number of amides is 2. The van der Waals surface area contributed by atoms with Crippen LogP contribution in [0.25, 0.3) is 0 Å². The Bertz CT molecular complexity index is 927. The predicted octanol–water partition coefficient (Wildman–Crippen LogP) is 3.38. The number of hydrogen-bond acceptors (Lipinski definition) is 3. The lowest BCUT2D eigenvalue weighted by Crippen LogP contribution is -2.46. The molecule has 29 heavy (non-hydrogen) atoms. The van der Waals surface area contributed by atoms with Crippen molar-refractivity contribution in [3.05, 3.63) is 70.8 Å². The number of nitrogens with zero attached hydrogens (tertiary/aromatic N) is 1. The van der Waals surface area contributed by atoms with E-state index in [1.165, 1.54) is 0 Å². The van der Waals surface area contributed by atoms with E-state index in [1.54, 1.807) is 0 Å². The standard InChI is InChI=1S/C24H23NO4/c1-12(2)11-17(24(28)29)25-22(26)20-18-13-7-3-4-8-14(13)19(21(20)23(25)27)16-10-6-5-9-15(16)18/h3-10,12,17-21H,11H2,1-2H3,(H,28,29)/t17-,18?,19?,20?,21?/m0/s1. The first-order chi connectivity index (χ1) is 13.9. The van der Waals surface area contributed by atoms with Crippen molar-refractivity contribution in [1.82, 2.24) is 4.90 Å². The van der Waals surface area contributed by atoms with Crippen molar-refractivity contribution in [1.29, 1.82) is 0 Å². The first-order valence-corrected chi connectivity index (χ1v) is 10.2. The van der Waals surface area contributed by atoms with E-state index < -0.39 is 23.8 Å². The summed E-state index contributed by atoms with van der Waals surface area (Å²) in [5, 5.41) is 9.80. The normalized spacial score (nSPS) is 27.6. The Hall–Kier alpha value is -2.95. The first kappa shape index (κ1) is 18.1. The van der Waals surface area contributed by atoms with Gasteiger partial charge in [0, 0.05) is 11.8 Å². The number of hydrogen-bond donors (Lipinski definition) is 1. The van der Waals surface area contributed by atoms with Crippen LogP contribution in [0.4, 0.5) is 0 Å².